The van der Waals surface area contributed by atoms with Gasteiger partial charge in [0.15, 0.2) is 9.84 Å². The van der Waals surface area contributed by atoms with Crippen molar-refractivity contribution in [3.63, 3.8) is 0 Å². The number of piperidine rings is 1. The van der Waals surface area contributed by atoms with Crippen LogP contribution in [0.15, 0.2) is 58.3 Å². The maximum Gasteiger partial charge on any atom is 0.414 e. The summed E-state index contributed by atoms with van der Waals surface area (Å²) in [6.07, 6.45) is 1.62. The number of nitrogens with zero attached hydrogens (tertiary/aromatic N) is 2. The van der Waals surface area contributed by atoms with Gasteiger partial charge in [0.1, 0.15) is 6.61 Å². The Hall–Kier alpha value is -2.43. The number of fused-ring (bicyclic) bond motifs is 1. The van der Waals surface area contributed by atoms with Gasteiger partial charge in [-0.15, -0.1) is 0 Å². The van der Waals surface area contributed by atoms with Gasteiger partial charge >= 0.3 is 6.09 Å². The Balaban J connectivity index is 1.50. The smallest absolute Gasteiger partial charge is 0.414 e. The Morgan fingerprint density at radius 2 is 1.50 bits per heavy atom. The zero-order valence-electron chi connectivity index (χ0n) is 16.4. The minimum Gasteiger partial charge on any atom is -0.444 e. The minimum atomic E-state index is -3.75. The van der Waals surface area contributed by atoms with Gasteiger partial charge in [-0.2, -0.15) is 4.31 Å². The van der Waals surface area contributed by atoms with E-state index in [0.717, 1.165) is 17.5 Å². The SMILES string of the molecule is CS(=O)(=O)c1ccc(S(=O)(=O)N2CCC(N3C(=O)OCc4ccccc43)CC2)cc1. The summed E-state index contributed by atoms with van der Waals surface area (Å²) in [6, 6.07) is 12.6. The third kappa shape index (κ3) is 3.82. The number of benzene rings is 2. The van der Waals surface area contributed by atoms with Crippen molar-refractivity contribution in [1.29, 1.82) is 0 Å². The topological polar surface area (TPSA) is 101 Å². The van der Waals surface area contributed by atoms with Gasteiger partial charge in [0, 0.05) is 31.0 Å². The van der Waals surface area contributed by atoms with Crippen molar-refractivity contribution in [3.8, 4) is 0 Å². The summed E-state index contributed by atoms with van der Waals surface area (Å²) in [5, 5.41) is 0. The fraction of sp³-hybridized carbons (Fsp3) is 0.350. The van der Waals surface area contributed by atoms with Crippen LogP contribution >= 0.6 is 0 Å². The van der Waals surface area contributed by atoms with Gasteiger partial charge in [-0.3, -0.25) is 4.90 Å². The summed E-state index contributed by atoms with van der Waals surface area (Å²) < 4.78 is 55.8. The lowest BCUT2D eigenvalue weighted by atomic mass is 10.0. The minimum absolute atomic E-state index is 0.0519. The van der Waals surface area contributed by atoms with E-state index in [1.807, 2.05) is 24.3 Å². The van der Waals surface area contributed by atoms with E-state index in [2.05, 4.69) is 0 Å². The lowest BCUT2D eigenvalue weighted by Crippen LogP contribution is -2.50. The number of anilines is 1. The first-order valence-electron chi connectivity index (χ1n) is 9.52. The van der Waals surface area contributed by atoms with Crippen LogP contribution in [0.4, 0.5) is 10.5 Å². The lowest BCUT2D eigenvalue weighted by Gasteiger charge is -2.39. The van der Waals surface area contributed by atoms with Crippen LogP contribution < -0.4 is 4.90 Å². The van der Waals surface area contributed by atoms with Gasteiger partial charge < -0.3 is 4.74 Å². The zero-order chi connectivity index (χ0) is 21.5. The first kappa shape index (κ1) is 20.8. The van der Waals surface area contributed by atoms with Gasteiger partial charge in [-0.1, -0.05) is 18.2 Å². The van der Waals surface area contributed by atoms with E-state index in [9.17, 15) is 21.6 Å². The molecule has 0 atom stereocenters. The average molecular weight is 451 g/mol. The van der Waals surface area contributed by atoms with E-state index in [1.54, 1.807) is 4.90 Å². The van der Waals surface area contributed by atoms with Crippen LogP contribution in [0.2, 0.25) is 0 Å². The lowest BCUT2D eigenvalue weighted by molar-refractivity contribution is 0.136. The summed E-state index contributed by atoms with van der Waals surface area (Å²) >= 11 is 0. The Labute approximate surface area is 176 Å². The molecule has 2 aromatic rings. The van der Waals surface area contributed by atoms with E-state index in [-0.39, 0.29) is 35.5 Å². The van der Waals surface area contributed by atoms with Crippen LogP contribution in [0, 0.1) is 0 Å². The van der Waals surface area contributed by atoms with Gasteiger partial charge in [-0.25, -0.2) is 21.6 Å². The molecule has 8 nitrogen and oxygen atoms in total. The molecule has 0 aliphatic carbocycles. The molecule has 1 fully saturated rings. The molecule has 2 aliphatic rings. The first-order valence-corrected chi connectivity index (χ1v) is 12.9. The molecule has 0 unspecified atom stereocenters. The second-order valence-electron chi connectivity index (χ2n) is 7.43. The Morgan fingerprint density at radius 1 is 0.900 bits per heavy atom. The predicted molar refractivity (Wildman–Crippen MR) is 110 cm³/mol. The molecule has 2 aliphatic heterocycles. The highest BCUT2D eigenvalue weighted by atomic mass is 32.2. The number of cyclic esters (lactones) is 1. The number of sulfone groups is 1. The third-order valence-corrected chi connectivity index (χ3v) is 8.52. The van der Waals surface area contributed by atoms with E-state index in [4.69, 9.17) is 4.74 Å². The number of ether oxygens (including phenoxy) is 1. The number of carbonyl (C=O) groups is 1. The van der Waals surface area contributed by atoms with Crippen LogP contribution in [0.3, 0.4) is 0 Å². The van der Waals surface area contributed by atoms with Crippen molar-refractivity contribution in [2.45, 2.75) is 35.3 Å². The van der Waals surface area contributed by atoms with Crippen LogP contribution in [0.5, 0.6) is 0 Å². The molecule has 0 radical (unpaired) electrons. The predicted octanol–water partition coefficient (Wildman–Crippen LogP) is 2.40. The second kappa shape index (κ2) is 7.68. The Bertz CT molecular complexity index is 1170. The van der Waals surface area contributed by atoms with E-state index >= 15 is 0 Å². The number of rotatable bonds is 4. The number of para-hydroxylation sites is 1. The molecule has 2 aromatic carbocycles. The number of amides is 1. The highest BCUT2D eigenvalue weighted by molar-refractivity contribution is 7.90. The quantitative estimate of drug-likeness (QED) is 0.709. The average Bonchev–Trinajstić information content (AvgIpc) is 2.73. The maximum atomic E-state index is 13.0. The van der Waals surface area contributed by atoms with Crippen molar-refractivity contribution in [1.82, 2.24) is 4.31 Å². The molecule has 0 saturated carbocycles. The number of carbonyl (C=O) groups excluding carboxylic acids is 1. The van der Waals surface area contributed by atoms with Crippen LogP contribution in [-0.4, -0.2) is 52.6 Å². The standard InChI is InChI=1S/C20H22N2O6S2/c1-29(24,25)17-6-8-18(9-7-17)30(26,27)21-12-10-16(11-13-21)22-19-5-3-2-4-15(19)14-28-20(22)23/h2-9,16H,10-14H2,1H3. The van der Waals surface area contributed by atoms with Crippen molar-refractivity contribution in [2.75, 3.05) is 24.2 Å². The molecule has 10 heteroatoms. The van der Waals surface area contributed by atoms with Crippen molar-refractivity contribution in [2.24, 2.45) is 0 Å². The van der Waals surface area contributed by atoms with E-state index in [0.29, 0.717) is 12.8 Å². The molecule has 1 saturated heterocycles. The fourth-order valence-electron chi connectivity index (χ4n) is 3.87. The highest BCUT2D eigenvalue weighted by Gasteiger charge is 2.37. The number of sulfonamides is 1. The molecule has 2 heterocycles. The van der Waals surface area contributed by atoms with Crippen LogP contribution in [0.25, 0.3) is 0 Å². The number of hydrogen-bond acceptors (Lipinski definition) is 6. The van der Waals surface area contributed by atoms with Gasteiger partial charge in [0.25, 0.3) is 0 Å². The first-order chi connectivity index (χ1) is 14.2. The second-order valence-corrected chi connectivity index (χ2v) is 11.4. The molecule has 0 bridgehead atoms. The normalized spacial score (nSPS) is 18.7. The van der Waals surface area contributed by atoms with E-state index in [1.165, 1.54) is 28.6 Å². The summed E-state index contributed by atoms with van der Waals surface area (Å²) in [7, 11) is -7.15. The van der Waals surface area contributed by atoms with Crippen LogP contribution in [0.1, 0.15) is 18.4 Å². The Morgan fingerprint density at radius 3 is 2.13 bits per heavy atom. The monoisotopic (exact) mass is 450 g/mol. The van der Waals surface area contributed by atoms with Gasteiger partial charge in [0.2, 0.25) is 10.0 Å². The summed E-state index contributed by atoms with van der Waals surface area (Å²) in [5.74, 6) is 0. The molecule has 30 heavy (non-hydrogen) atoms. The third-order valence-electron chi connectivity index (χ3n) is 5.48. The zero-order valence-corrected chi connectivity index (χ0v) is 18.0. The van der Waals surface area contributed by atoms with Crippen molar-refractivity contribution in [3.05, 3.63) is 54.1 Å². The molecular weight excluding hydrogens is 428 g/mol. The Kier molecular flexibility index (Phi) is 5.33. The van der Waals surface area contributed by atoms with Gasteiger partial charge in [0.05, 0.1) is 15.5 Å². The molecular formula is C20H22N2O6S2. The maximum absolute atomic E-state index is 13.0. The van der Waals surface area contributed by atoms with Crippen molar-refractivity contribution >= 4 is 31.6 Å². The molecule has 0 N–H and O–H groups in total. The van der Waals surface area contributed by atoms with E-state index < -0.39 is 26.0 Å². The highest BCUT2D eigenvalue weighted by Crippen LogP contribution is 2.32. The van der Waals surface area contributed by atoms with Crippen molar-refractivity contribution < 1.29 is 26.4 Å². The largest absolute Gasteiger partial charge is 0.444 e. The molecule has 4 rings (SSSR count). The number of hydrogen-bond donors (Lipinski definition) is 0. The van der Waals surface area contributed by atoms with Crippen LogP contribution in [-0.2, 0) is 31.2 Å². The summed E-state index contributed by atoms with van der Waals surface area (Å²) in [6.45, 7) is 0.752. The summed E-state index contributed by atoms with van der Waals surface area (Å²) in [5.41, 5.74) is 1.74. The molecule has 1 amide bonds. The molecule has 0 aromatic heterocycles. The molecule has 160 valence electrons. The fourth-order valence-corrected chi connectivity index (χ4v) is 5.97. The molecule has 0 spiro atoms. The summed E-state index contributed by atoms with van der Waals surface area (Å²) in [4.78, 5) is 14.1. The van der Waals surface area contributed by atoms with Gasteiger partial charge in [-0.05, 0) is 43.2 Å².